The number of hydrogen-bond acceptors (Lipinski definition) is 3. The normalized spacial score (nSPS) is 18.8. The van der Waals surface area contributed by atoms with Crippen LogP contribution in [0.25, 0.3) is 0 Å². The first-order valence-electron chi connectivity index (χ1n) is 6.35. The second-order valence-corrected chi connectivity index (χ2v) is 4.66. The third kappa shape index (κ3) is 3.55. The molecule has 18 heavy (non-hydrogen) atoms. The van der Waals surface area contributed by atoms with E-state index in [2.05, 4.69) is 10.6 Å². The van der Waals surface area contributed by atoms with Crippen molar-refractivity contribution in [3.8, 4) is 0 Å². The van der Waals surface area contributed by atoms with E-state index in [0.29, 0.717) is 13.2 Å². The number of carbonyl (C=O) groups is 1. The van der Waals surface area contributed by atoms with Crippen LogP contribution in [-0.2, 0) is 22.7 Å². The highest BCUT2D eigenvalue weighted by Crippen LogP contribution is 2.09. The van der Waals surface area contributed by atoms with Crippen LogP contribution >= 0.6 is 0 Å². The molecule has 1 aromatic carbocycles. The molecule has 1 heterocycles. The molecule has 1 saturated heterocycles. The number of amides is 1. The molecular weight excluding hydrogens is 228 g/mol. The first kappa shape index (κ1) is 13.1. The summed E-state index contributed by atoms with van der Waals surface area (Å²) in [6.45, 7) is 2.98. The summed E-state index contributed by atoms with van der Waals surface area (Å²) in [5.74, 6) is 0.290. The Hall–Kier alpha value is -1.39. The average Bonchev–Trinajstić information content (AvgIpc) is 2.92. The first-order valence-corrected chi connectivity index (χ1v) is 6.35. The van der Waals surface area contributed by atoms with Crippen molar-refractivity contribution in [1.29, 1.82) is 0 Å². The van der Waals surface area contributed by atoms with Gasteiger partial charge in [-0.25, -0.2) is 0 Å². The molecule has 1 aliphatic rings. The van der Waals surface area contributed by atoms with Gasteiger partial charge in [-0.05, 0) is 24.1 Å². The maximum Gasteiger partial charge on any atom is 0.224 e. The molecule has 2 rings (SSSR count). The molecule has 0 saturated carbocycles. The number of carbonyl (C=O) groups excluding carboxylic acids is 1. The number of hydrogen-bond donors (Lipinski definition) is 2. The van der Waals surface area contributed by atoms with Crippen LogP contribution in [0, 0.1) is 5.92 Å². The maximum absolute atomic E-state index is 11.8. The second kappa shape index (κ2) is 6.52. The van der Waals surface area contributed by atoms with E-state index in [1.54, 1.807) is 7.11 Å². The van der Waals surface area contributed by atoms with E-state index in [9.17, 15) is 4.79 Å². The minimum absolute atomic E-state index is 0.137. The molecule has 1 amide bonds. The van der Waals surface area contributed by atoms with Crippen LogP contribution in [0.4, 0.5) is 0 Å². The predicted octanol–water partition coefficient (Wildman–Crippen LogP) is 1.06. The number of nitrogens with one attached hydrogen (secondary N) is 2. The molecule has 4 heteroatoms. The molecule has 0 radical (unpaired) electrons. The lowest BCUT2D eigenvalue weighted by Gasteiger charge is -2.10. The van der Waals surface area contributed by atoms with Crippen LogP contribution in [0.1, 0.15) is 17.5 Å². The Balaban J connectivity index is 1.80. The molecule has 4 nitrogen and oxygen atoms in total. The van der Waals surface area contributed by atoms with Crippen molar-refractivity contribution in [1.82, 2.24) is 10.6 Å². The molecular formula is C14H20N2O2. The van der Waals surface area contributed by atoms with Gasteiger partial charge in [0.1, 0.15) is 0 Å². The Morgan fingerprint density at radius 1 is 1.39 bits per heavy atom. The number of methoxy groups -OCH3 is 1. The van der Waals surface area contributed by atoms with Crippen molar-refractivity contribution in [2.75, 3.05) is 20.2 Å². The van der Waals surface area contributed by atoms with E-state index in [1.165, 1.54) is 0 Å². The van der Waals surface area contributed by atoms with Gasteiger partial charge in [-0.2, -0.15) is 0 Å². The SMILES string of the molecule is COCc1ccc(CNC(=O)C2CCNC2)cc1. The minimum Gasteiger partial charge on any atom is -0.380 e. The maximum atomic E-state index is 11.8. The lowest BCUT2D eigenvalue weighted by Crippen LogP contribution is -2.31. The largest absolute Gasteiger partial charge is 0.380 e. The van der Waals surface area contributed by atoms with Crippen molar-refractivity contribution in [3.05, 3.63) is 35.4 Å². The van der Waals surface area contributed by atoms with Gasteiger partial charge in [-0.3, -0.25) is 4.79 Å². The fourth-order valence-electron chi connectivity index (χ4n) is 2.13. The van der Waals surface area contributed by atoms with Gasteiger partial charge >= 0.3 is 0 Å². The average molecular weight is 248 g/mol. The topological polar surface area (TPSA) is 50.4 Å². The van der Waals surface area contributed by atoms with E-state index < -0.39 is 0 Å². The van der Waals surface area contributed by atoms with Crippen LogP contribution in [0.3, 0.4) is 0 Å². The third-order valence-electron chi connectivity index (χ3n) is 3.23. The standard InChI is InChI=1S/C14H20N2O2/c1-18-10-12-4-2-11(3-5-12)8-16-14(17)13-6-7-15-9-13/h2-5,13,15H,6-10H2,1H3,(H,16,17). The Morgan fingerprint density at radius 3 is 2.72 bits per heavy atom. The Morgan fingerprint density at radius 2 is 2.11 bits per heavy atom. The van der Waals surface area contributed by atoms with Gasteiger partial charge in [0.25, 0.3) is 0 Å². The van der Waals surface area contributed by atoms with Gasteiger partial charge in [0, 0.05) is 20.2 Å². The monoisotopic (exact) mass is 248 g/mol. The highest BCUT2D eigenvalue weighted by atomic mass is 16.5. The van der Waals surface area contributed by atoms with Gasteiger partial charge in [0.15, 0.2) is 0 Å². The van der Waals surface area contributed by atoms with Gasteiger partial charge in [-0.15, -0.1) is 0 Å². The zero-order valence-corrected chi connectivity index (χ0v) is 10.7. The van der Waals surface area contributed by atoms with Crippen molar-refractivity contribution >= 4 is 5.91 Å². The smallest absolute Gasteiger partial charge is 0.224 e. The van der Waals surface area contributed by atoms with Gasteiger partial charge in [-0.1, -0.05) is 24.3 Å². The highest BCUT2D eigenvalue weighted by Gasteiger charge is 2.21. The van der Waals surface area contributed by atoms with E-state index in [-0.39, 0.29) is 11.8 Å². The van der Waals surface area contributed by atoms with E-state index >= 15 is 0 Å². The lowest BCUT2D eigenvalue weighted by atomic mass is 10.1. The van der Waals surface area contributed by atoms with Crippen molar-refractivity contribution < 1.29 is 9.53 Å². The molecule has 1 unspecified atom stereocenters. The zero-order valence-electron chi connectivity index (χ0n) is 10.7. The Labute approximate surface area is 108 Å². The van der Waals surface area contributed by atoms with Gasteiger partial charge in [0.05, 0.1) is 12.5 Å². The quantitative estimate of drug-likeness (QED) is 0.819. The summed E-state index contributed by atoms with van der Waals surface area (Å²) in [6.07, 6.45) is 0.943. The van der Waals surface area contributed by atoms with Crippen LogP contribution in [0.2, 0.25) is 0 Å². The molecule has 1 aliphatic heterocycles. The molecule has 2 N–H and O–H groups in total. The summed E-state index contributed by atoms with van der Waals surface area (Å²) >= 11 is 0. The Kier molecular flexibility index (Phi) is 4.73. The summed E-state index contributed by atoms with van der Waals surface area (Å²) in [4.78, 5) is 11.8. The van der Waals surface area contributed by atoms with Crippen LogP contribution in [0.5, 0.6) is 0 Å². The minimum atomic E-state index is 0.137. The van der Waals surface area contributed by atoms with Crippen molar-refractivity contribution in [2.45, 2.75) is 19.6 Å². The molecule has 0 bridgehead atoms. The van der Waals surface area contributed by atoms with Gasteiger partial charge in [0.2, 0.25) is 5.91 Å². The Bertz CT molecular complexity index is 383. The molecule has 0 aromatic heterocycles. The van der Waals surface area contributed by atoms with Crippen LogP contribution < -0.4 is 10.6 Å². The molecule has 98 valence electrons. The predicted molar refractivity (Wildman–Crippen MR) is 70.0 cm³/mol. The third-order valence-corrected chi connectivity index (χ3v) is 3.23. The number of benzene rings is 1. The van der Waals surface area contributed by atoms with E-state index in [4.69, 9.17) is 4.74 Å². The second-order valence-electron chi connectivity index (χ2n) is 4.66. The van der Waals surface area contributed by atoms with E-state index in [0.717, 1.165) is 30.6 Å². The van der Waals surface area contributed by atoms with Crippen molar-refractivity contribution in [2.24, 2.45) is 5.92 Å². The van der Waals surface area contributed by atoms with Crippen molar-refractivity contribution in [3.63, 3.8) is 0 Å². The summed E-state index contributed by atoms with van der Waals surface area (Å²) < 4.78 is 5.06. The fourth-order valence-corrected chi connectivity index (χ4v) is 2.13. The molecule has 1 atom stereocenters. The molecule has 0 aliphatic carbocycles. The molecule has 1 aromatic rings. The zero-order chi connectivity index (χ0) is 12.8. The summed E-state index contributed by atoms with van der Waals surface area (Å²) in [5.41, 5.74) is 2.27. The first-order chi connectivity index (χ1) is 8.79. The van der Waals surface area contributed by atoms with Gasteiger partial charge < -0.3 is 15.4 Å². The summed E-state index contributed by atoms with van der Waals surface area (Å²) in [7, 11) is 1.68. The number of ether oxygens (including phenoxy) is 1. The number of rotatable bonds is 5. The lowest BCUT2D eigenvalue weighted by molar-refractivity contribution is -0.124. The van der Waals surface area contributed by atoms with Crippen LogP contribution in [-0.4, -0.2) is 26.1 Å². The summed E-state index contributed by atoms with van der Waals surface area (Å²) in [5, 5.41) is 6.18. The highest BCUT2D eigenvalue weighted by molar-refractivity contribution is 5.79. The van der Waals surface area contributed by atoms with Crippen LogP contribution in [0.15, 0.2) is 24.3 Å². The molecule has 0 spiro atoms. The summed E-state index contributed by atoms with van der Waals surface area (Å²) in [6, 6.07) is 8.12. The molecule has 1 fully saturated rings. The van der Waals surface area contributed by atoms with E-state index in [1.807, 2.05) is 24.3 Å². The fraction of sp³-hybridized carbons (Fsp3) is 0.500.